The number of hydrogen-bond donors (Lipinski definition) is 0. The van der Waals surface area contributed by atoms with Crippen molar-refractivity contribution in [2.75, 3.05) is 0 Å². The fourth-order valence-corrected chi connectivity index (χ4v) is 2.29. The highest BCUT2D eigenvalue weighted by atomic mass is 35.5. The van der Waals surface area contributed by atoms with Crippen LogP contribution < -0.4 is 0 Å². The molecule has 0 aromatic carbocycles. The molecule has 0 spiro atoms. The summed E-state index contributed by atoms with van der Waals surface area (Å²) >= 11 is 1.42. The van der Waals surface area contributed by atoms with Gasteiger partial charge in [-0.15, -0.1) is 36.2 Å². The van der Waals surface area contributed by atoms with E-state index in [1.54, 1.807) is 19.3 Å². The van der Waals surface area contributed by atoms with Gasteiger partial charge in [0.1, 0.15) is 5.01 Å². The van der Waals surface area contributed by atoms with Gasteiger partial charge in [-0.2, -0.15) is 0 Å². The smallest absolute Gasteiger partial charge is 0.171 e. The zero-order chi connectivity index (χ0) is 10.8. The summed E-state index contributed by atoms with van der Waals surface area (Å²) in [7, 11) is 0. The molecular weight excluding hydrogens is 279 g/mol. The van der Waals surface area contributed by atoms with Gasteiger partial charge in [-0.25, -0.2) is 4.98 Å². The third kappa shape index (κ3) is 3.49. The van der Waals surface area contributed by atoms with Crippen molar-refractivity contribution in [2.45, 2.75) is 13.8 Å². The SMILES string of the molecule is CC(=O)c1sc(-c2cccnc2)nc1C.Cl.Cl. The third-order valence-corrected chi connectivity index (χ3v) is 3.33. The summed E-state index contributed by atoms with van der Waals surface area (Å²) in [6.07, 6.45) is 3.47. The molecule has 0 radical (unpaired) electrons. The van der Waals surface area contributed by atoms with E-state index in [1.165, 1.54) is 11.3 Å². The van der Waals surface area contributed by atoms with Crippen LogP contribution in [0.2, 0.25) is 0 Å². The van der Waals surface area contributed by atoms with E-state index >= 15 is 0 Å². The Morgan fingerprint density at radius 2 is 2.06 bits per heavy atom. The maximum Gasteiger partial charge on any atom is 0.171 e. The molecule has 0 saturated carbocycles. The molecule has 2 rings (SSSR count). The molecule has 0 aliphatic heterocycles. The summed E-state index contributed by atoms with van der Waals surface area (Å²) in [6.45, 7) is 3.42. The number of Topliss-reactive ketones (excluding diaryl/α,β-unsaturated/α-hetero) is 1. The van der Waals surface area contributed by atoms with E-state index in [9.17, 15) is 4.79 Å². The van der Waals surface area contributed by atoms with Gasteiger partial charge in [0.25, 0.3) is 0 Å². The van der Waals surface area contributed by atoms with E-state index in [-0.39, 0.29) is 30.6 Å². The van der Waals surface area contributed by atoms with Crippen LogP contribution in [0.1, 0.15) is 22.3 Å². The van der Waals surface area contributed by atoms with Crippen LogP contribution in [0.4, 0.5) is 0 Å². The molecule has 0 fully saturated rings. The van der Waals surface area contributed by atoms with E-state index in [4.69, 9.17) is 0 Å². The van der Waals surface area contributed by atoms with Crippen molar-refractivity contribution in [1.82, 2.24) is 9.97 Å². The van der Waals surface area contributed by atoms with Gasteiger partial charge in [-0.1, -0.05) is 0 Å². The largest absolute Gasteiger partial charge is 0.294 e. The molecule has 0 atom stereocenters. The van der Waals surface area contributed by atoms with Gasteiger partial charge < -0.3 is 0 Å². The molecule has 0 aliphatic rings. The molecule has 0 aliphatic carbocycles. The molecule has 92 valence electrons. The van der Waals surface area contributed by atoms with Gasteiger partial charge in [0.05, 0.1) is 10.6 Å². The number of ketones is 1. The molecule has 0 bridgehead atoms. The lowest BCUT2D eigenvalue weighted by Gasteiger charge is -1.91. The second kappa shape index (κ2) is 6.69. The molecule has 6 heteroatoms. The van der Waals surface area contributed by atoms with Crippen molar-refractivity contribution >= 4 is 41.9 Å². The van der Waals surface area contributed by atoms with E-state index in [0.717, 1.165) is 21.1 Å². The van der Waals surface area contributed by atoms with Crippen molar-refractivity contribution in [2.24, 2.45) is 0 Å². The molecule has 0 N–H and O–H groups in total. The highest BCUT2D eigenvalue weighted by Crippen LogP contribution is 2.27. The average molecular weight is 291 g/mol. The summed E-state index contributed by atoms with van der Waals surface area (Å²) in [6, 6.07) is 3.80. The van der Waals surface area contributed by atoms with Gasteiger partial charge in [0.2, 0.25) is 0 Å². The summed E-state index contributed by atoms with van der Waals surface area (Å²) in [5.74, 6) is 0.0696. The molecule has 0 saturated heterocycles. The molecule has 2 aromatic heterocycles. The van der Waals surface area contributed by atoms with Gasteiger partial charge in [-0.3, -0.25) is 9.78 Å². The summed E-state index contributed by atoms with van der Waals surface area (Å²) < 4.78 is 0. The molecule has 0 unspecified atom stereocenters. The van der Waals surface area contributed by atoms with Crippen LogP contribution >= 0.6 is 36.2 Å². The topological polar surface area (TPSA) is 42.9 Å². The Kier molecular flexibility index (Phi) is 6.31. The maximum absolute atomic E-state index is 11.3. The molecule has 2 heterocycles. The van der Waals surface area contributed by atoms with Crippen LogP contribution in [-0.4, -0.2) is 15.8 Å². The van der Waals surface area contributed by atoms with Gasteiger partial charge in [0.15, 0.2) is 5.78 Å². The number of thiazole rings is 1. The Hall–Kier alpha value is -0.970. The minimum Gasteiger partial charge on any atom is -0.294 e. The van der Waals surface area contributed by atoms with Crippen LogP contribution in [0.25, 0.3) is 10.6 Å². The van der Waals surface area contributed by atoms with Gasteiger partial charge in [0, 0.05) is 24.9 Å². The Labute approximate surface area is 116 Å². The molecular formula is C11H12Cl2N2OS. The second-order valence-corrected chi connectivity index (χ2v) is 4.23. The number of aromatic nitrogens is 2. The summed E-state index contributed by atoms with van der Waals surface area (Å²) in [4.78, 5) is 20.4. The highest BCUT2D eigenvalue weighted by Gasteiger charge is 2.12. The third-order valence-electron chi connectivity index (χ3n) is 2.02. The lowest BCUT2D eigenvalue weighted by atomic mass is 10.3. The number of aryl methyl sites for hydroxylation is 1. The van der Waals surface area contributed by atoms with Gasteiger partial charge in [-0.05, 0) is 19.1 Å². The first-order valence-electron chi connectivity index (χ1n) is 4.57. The number of hydrogen-bond acceptors (Lipinski definition) is 4. The fourth-order valence-electron chi connectivity index (χ4n) is 1.34. The van der Waals surface area contributed by atoms with Crippen molar-refractivity contribution in [3.05, 3.63) is 35.1 Å². The van der Waals surface area contributed by atoms with Crippen LogP contribution in [0.3, 0.4) is 0 Å². The monoisotopic (exact) mass is 290 g/mol. The van der Waals surface area contributed by atoms with Gasteiger partial charge >= 0.3 is 0 Å². The van der Waals surface area contributed by atoms with E-state index in [1.807, 2.05) is 19.1 Å². The Bertz CT molecular complexity index is 499. The highest BCUT2D eigenvalue weighted by molar-refractivity contribution is 7.17. The first kappa shape index (κ1) is 16.0. The minimum atomic E-state index is 0. The molecule has 0 amide bonds. The quantitative estimate of drug-likeness (QED) is 0.794. The van der Waals surface area contributed by atoms with E-state index in [2.05, 4.69) is 9.97 Å². The number of rotatable bonds is 2. The van der Waals surface area contributed by atoms with Crippen molar-refractivity contribution in [1.29, 1.82) is 0 Å². The minimum absolute atomic E-state index is 0. The number of nitrogens with zero attached hydrogens (tertiary/aromatic N) is 2. The summed E-state index contributed by atoms with van der Waals surface area (Å²) in [5.41, 5.74) is 1.75. The van der Waals surface area contributed by atoms with Crippen molar-refractivity contribution in [3.63, 3.8) is 0 Å². The van der Waals surface area contributed by atoms with Crippen molar-refractivity contribution in [3.8, 4) is 10.6 Å². The zero-order valence-electron chi connectivity index (χ0n) is 9.34. The van der Waals surface area contributed by atoms with Crippen LogP contribution in [0, 0.1) is 6.92 Å². The first-order valence-corrected chi connectivity index (χ1v) is 5.39. The van der Waals surface area contributed by atoms with Crippen molar-refractivity contribution < 1.29 is 4.79 Å². The number of carbonyl (C=O) groups excluding carboxylic acids is 1. The Morgan fingerprint density at radius 3 is 2.53 bits per heavy atom. The zero-order valence-corrected chi connectivity index (χ0v) is 11.8. The summed E-state index contributed by atoms with van der Waals surface area (Å²) in [5, 5.41) is 0.853. The number of pyridine rings is 1. The lowest BCUT2D eigenvalue weighted by Crippen LogP contribution is -1.89. The average Bonchev–Trinajstić information content (AvgIpc) is 2.62. The molecule has 3 nitrogen and oxygen atoms in total. The predicted octanol–water partition coefficient (Wildman–Crippen LogP) is 3.56. The predicted molar refractivity (Wildman–Crippen MR) is 74.6 cm³/mol. The van der Waals surface area contributed by atoms with E-state index < -0.39 is 0 Å². The second-order valence-electron chi connectivity index (χ2n) is 3.23. The van der Waals surface area contributed by atoms with Crippen LogP contribution in [0.5, 0.6) is 0 Å². The lowest BCUT2D eigenvalue weighted by molar-refractivity contribution is 0.102. The Balaban J connectivity index is 0.00000128. The number of halogens is 2. The Morgan fingerprint density at radius 1 is 1.35 bits per heavy atom. The molecule has 17 heavy (non-hydrogen) atoms. The number of carbonyl (C=O) groups is 1. The van der Waals surface area contributed by atoms with Crippen LogP contribution in [0.15, 0.2) is 24.5 Å². The van der Waals surface area contributed by atoms with Crippen LogP contribution in [-0.2, 0) is 0 Å². The standard InChI is InChI=1S/C11H10N2OS.2ClH/c1-7-10(8(2)14)15-11(13-7)9-4-3-5-12-6-9;;/h3-6H,1-2H3;2*1H. The van der Waals surface area contributed by atoms with E-state index in [0.29, 0.717) is 0 Å². The maximum atomic E-state index is 11.3. The molecule has 2 aromatic rings. The fraction of sp³-hybridized carbons (Fsp3) is 0.182. The normalized spacial score (nSPS) is 9.06. The first-order chi connectivity index (χ1) is 7.18.